The van der Waals surface area contributed by atoms with E-state index in [2.05, 4.69) is 5.48 Å². The molecule has 0 aliphatic rings. The highest BCUT2D eigenvalue weighted by Gasteiger charge is 2.00. The molecule has 2 N–H and O–H groups in total. The first-order valence-electron chi connectivity index (χ1n) is 3.26. The fraction of sp³-hybridized carbons (Fsp3) is 0.833. The molecule has 0 rings (SSSR count). The van der Waals surface area contributed by atoms with E-state index in [1.807, 2.05) is 13.8 Å². The van der Waals surface area contributed by atoms with E-state index in [1.54, 1.807) is 0 Å². The molecule has 60 valence electrons. The maximum Gasteiger partial charge on any atom is 0.269 e. The number of aliphatic hydroxyl groups is 1. The van der Waals surface area contributed by atoms with Crippen LogP contribution in [0.4, 0.5) is 0 Å². The van der Waals surface area contributed by atoms with Gasteiger partial charge in [-0.05, 0) is 13.3 Å². The first kappa shape index (κ1) is 9.39. The summed E-state index contributed by atoms with van der Waals surface area (Å²) in [4.78, 5) is 15.1. The van der Waals surface area contributed by atoms with Crippen LogP contribution in [-0.2, 0) is 9.63 Å². The zero-order valence-electron chi connectivity index (χ0n) is 6.26. The van der Waals surface area contributed by atoms with Gasteiger partial charge in [0.05, 0.1) is 6.10 Å². The summed E-state index contributed by atoms with van der Waals surface area (Å²) in [5.74, 6) is -0.514. The van der Waals surface area contributed by atoms with Crippen LogP contribution in [0.3, 0.4) is 0 Å². The Labute approximate surface area is 60.1 Å². The molecule has 1 amide bonds. The van der Waals surface area contributed by atoms with Crippen LogP contribution < -0.4 is 5.48 Å². The molecular formula is C6H13NO3. The Hall–Kier alpha value is -0.610. The quantitative estimate of drug-likeness (QED) is 0.542. The van der Waals surface area contributed by atoms with Gasteiger partial charge in [0, 0.05) is 0 Å². The monoisotopic (exact) mass is 147 g/mol. The van der Waals surface area contributed by atoms with E-state index in [9.17, 15) is 4.79 Å². The molecule has 0 aromatic carbocycles. The van der Waals surface area contributed by atoms with Crippen LogP contribution >= 0.6 is 0 Å². The van der Waals surface area contributed by atoms with Gasteiger partial charge >= 0.3 is 0 Å². The van der Waals surface area contributed by atoms with Gasteiger partial charge in [0.1, 0.15) is 6.61 Å². The maximum atomic E-state index is 10.3. The topological polar surface area (TPSA) is 58.6 Å². The minimum Gasteiger partial charge on any atom is -0.386 e. The van der Waals surface area contributed by atoms with Crippen LogP contribution in [0, 0.1) is 0 Å². The van der Waals surface area contributed by atoms with Crippen LogP contribution in [0.2, 0.25) is 0 Å². The van der Waals surface area contributed by atoms with Gasteiger partial charge in [-0.15, -0.1) is 0 Å². The Morgan fingerprint density at radius 1 is 1.80 bits per heavy atom. The van der Waals surface area contributed by atoms with Gasteiger partial charge in [0.2, 0.25) is 0 Å². The predicted octanol–water partition coefficient (Wildman–Crippen LogP) is -0.175. The summed E-state index contributed by atoms with van der Waals surface area (Å²) in [6.07, 6.45) is 0.821. The number of amides is 1. The van der Waals surface area contributed by atoms with Crippen molar-refractivity contribution >= 4 is 5.91 Å². The van der Waals surface area contributed by atoms with Gasteiger partial charge in [-0.2, -0.15) is 0 Å². The molecule has 0 aromatic rings. The van der Waals surface area contributed by atoms with Crippen LogP contribution in [0.25, 0.3) is 0 Å². The molecule has 0 heterocycles. The second-order valence-electron chi connectivity index (χ2n) is 2.02. The molecule has 0 aliphatic heterocycles. The van der Waals surface area contributed by atoms with Crippen LogP contribution in [0.1, 0.15) is 20.3 Å². The van der Waals surface area contributed by atoms with Crippen molar-refractivity contribution in [1.82, 2.24) is 5.48 Å². The Morgan fingerprint density at radius 2 is 2.40 bits per heavy atom. The lowest BCUT2D eigenvalue weighted by Gasteiger charge is -2.08. The normalized spacial score (nSPS) is 12.7. The van der Waals surface area contributed by atoms with Crippen molar-refractivity contribution in [2.45, 2.75) is 26.4 Å². The molecule has 0 fully saturated rings. The summed E-state index contributed by atoms with van der Waals surface area (Å²) >= 11 is 0. The van der Waals surface area contributed by atoms with E-state index in [0.29, 0.717) is 0 Å². The molecule has 1 unspecified atom stereocenters. The van der Waals surface area contributed by atoms with Crippen molar-refractivity contribution in [3.8, 4) is 0 Å². The van der Waals surface area contributed by atoms with Gasteiger partial charge < -0.3 is 5.11 Å². The molecule has 4 nitrogen and oxygen atoms in total. The third-order valence-electron chi connectivity index (χ3n) is 1.09. The van der Waals surface area contributed by atoms with Crippen LogP contribution in [0.5, 0.6) is 0 Å². The lowest BCUT2D eigenvalue weighted by Crippen LogP contribution is -2.29. The van der Waals surface area contributed by atoms with E-state index in [0.717, 1.165) is 6.42 Å². The molecule has 0 radical (unpaired) electrons. The van der Waals surface area contributed by atoms with Crippen LogP contribution in [-0.4, -0.2) is 23.7 Å². The van der Waals surface area contributed by atoms with Gasteiger partial charge in [0.15, 0.2) is 0 Å². The van der Waals surface area contributed by atoms with E-state index >= 15 is 0 Å². The van der Waals surface area contributed by atoms with E-state index in [1.165, 1.54) is 0 Å². The van der Waals surface area contributed by atoms with Crippen molar-refractivity contribution in [3.05, 3.63) is 0 Å². The average Bonchev–Trinajstić information content (AvgIpc) is 1.99. The van der Waals surface area contributed by atoms with Gasteiger partial charge in [0.25, 0.3) is 5.91 Å². The fourth-order valence-electron chi connectivity index (χ4n) is 0.282. The van der Waals surface area contributed by atoms with Crippen molar-refractivity contribution in [3.63, 3.8) is 0 Å². The maximum absolute atomic E-state index is 10.3. The molecule has 0 aromatic heterocycles. The number of hydrogen-bond acceptors (Lipinski definition) is 3. The van der Waals surface area contributed by atoms with E-state index in [-0.39, 0.29) is 6.10 Å². The van der Waals surface area contributed by atoms with Gasteiger partial charge in [-0.1, -0.05) is 6.92 Å². The molecule has 1 atom stereocenters. The minimum atomic E-state index is -0.531. The molecule has 10 heavy (non-hydrogen) atoms. The number of hydroxylamine groups is 1. The molecule has 0 aliphatic carbocycles. The van der Waals surface area contributed by atoms with Crippen molar-refractivity contribution < 1.29 is 14.7 Å². The summed E-state index contributed by atoms with van der Waals surface area (Å²) in [5, 5.41) is 8.23. The van der Waals surface area contributed by atoms with Crippen molar-refractivity contribution in [2.24, 2.45) is 0 Å². The summed E-state index contributed by atoms with van der Waals surface area (Å²) in [6.45, 7) is 3.24. The van der Waals surface area contributed by atoms with Crippen molar-refractivity contribution in [1.29, 1.82) is 0 Å². The summed E-state index contributed by atoms with van der Waals surface area (Å²) < 4.78 is 0. The Morgan fingerprint density at radius 3 is 2.80 bits per heavy atom. The summed E-state index contributed by atoms with van der Waals surface area (Å²) in [7, 11) is 0. The number of nitrogens with one attached hydrogen (secondary N) is 1. The largest absolute Gasteiger partial charge is 0.386 e. The third kappa shape index (κ3) is 4.29. The molecule has 0 spiro atoms. The van der Waals surface area contributed by atoms with Gasteiger partial charge in [-0.3, -0.25) is 9.63 Å². The molecule has 4 heteroatoms. The van der Waals surface area contributed by atoms with E-state index in [4.69, 9.17) is 9.94 Å². The highest BCUT2D eigenvalue weighted by atomic mass is 16.7. The third-order valence-corrected chi connectivity index (χ3v) is 1.09. The summed E-state index contributed by atoms with van der Waals surface area (Å²) in [5.41, 5.74) is 2.09. The molecule has 0 saturated carbocycles. The van der Waals surface area contributed by atoms with Crippen molar-refractivity contribution in [2.75, 3.05) is 6.61 Å². The Bertz CT molecular complexity index is 105. The number of carbonyl (C=O) groups excluding carboxylic acids is 1. The second-order valence-corrected chi connectivity index (χ2v) is 2.02. The number of carbonyl (C=O) groups is 1. The first-order chi connectivity index (χ1) is 4.70. The molecule has 0 saturated heterocycles. The summed E-state index contributed by atoms with van der Waals surface area (Å²) in [6, 6.07) is 0. The SMILES string of the molecule is CCC(C)ONC(=O)CO. The first-order valence-corrected chi connectivity index (χ1v) is 3.26. The average molecular weight is 147 g/mol. The lowest BCUT2D eigenvalue weighted by molar-refractivity contribution is -0.140. The number of aliphatic hydroxyl groups excluding tert-OH is 1. The smallest absolute Gasteiger partial charge is 0.269 e. The molecular weight excluding hydrogens is 134 g/mol. The Balaban J connectivity index is 3.26. The standard InChI is InChI=1S/C6H13NO3/c1-3-5(2)10-7-6(9)4-8/h5,8H,3-4H2,1-2H3,(H,7,9). The highest BCUT2D eigenvalue weighted by Crippen LogP contribution is 1.91. The zero-order valence-corrected chi connectivity index (χ0v) is 6.26. The number of rotatable bonds is 4. The minimum absolute atomic E-state index is 0.00417. The Kier molecular flexibility index (Phi) is 4.88. The van der Waals surface area contributed by atoms with E-state index < -0.39 is 12.5 Å². The number of hydrogen-bond donors (Lipinski definition) is 2. The highest BCUT2D eigenvalue weighted by molar-refractivity contribution is 5.75. The van der Waals surface area contributed by atoms with Gasteiger partial charge in [-0.25, -0.2) is 5.48 Å². The zero-order chi connectivity index (χ0) is 7.98. The second kappa shape index (κ2) is 5.20. The van der Waals surface area contributed by atoms with Crippen LogP contribution in [0.15, 0.2) is 0 Å². The fourth-order valence-corrected chi connectivity index (χ4v) is 0.282. The predicted molar refractivity (Wildman–Crippen MR) is 36.1 cm³/mol. The molecule has 0 bridgehead atoms. The lowest BCUT2D eigenvalue weighted by atomic mass is 10.3.